The minimum atomic E-state index is 0.0590. The number of thiocarbonyl (C=S) groups is 1. The number of nitrogens with zero attached hydrogens (tertiary/aromatic N) is 4. The van der Waals surface area contributed by atoms with Crippen molar-refractivity contribution in [1.82, 2.24) is 24.7 Å². The molecule has 2 atom stereocenters. The van der Waals surface area contributed by atoms with Crippen LogP contribution in [0, 0.1) is 13.8 Å². The molecule has 3 aliphatic rings. The normalized spacial score (nSPS) is 24.9. The molecule has 2 aromatic heterocycles. The monoisotopic (exact) mass is 467 g/mol. The summed E-state index contributed by atoms with van der Waals surface area (Å²) in [6.07, 6.45) is 8.53. The fourth-order valence-corrected chi connectivity index (χ4v) is 6.39. The van der Waals surface area contributed by atoms with Crippen molar-refractivity contribution in [3.63, 3.8) is 0 Å². The number of morpholine rings is 1. The van der Waals surface area contributed by atoms with Gasteiger partial charge in [0.25, 0.3) is 0 Å². The van der Waals surface area contributed by atoms with Crippen LogP contribution >= 0.6 is 12.2 Å². The molecular formula is C26H37N5OS. The van der Waals surface area contributed by atoms with E-state index < -0.39 is 0 Å². The molecule has 5 rings (SSSR count). The summed E-state index contributed by atoms with van der Waals surface area (Å²) in [6, 6.07) is 9.44. The van der Waals surface area contributed by atoms with E-state index >= 15 is 0 Å². The summed E-state index contributed by atoms with van der Waals surface area (Å²) in [5, 5.41) is 4.47. The lowest BCUT2D eigenvalue weighted by Crippen LogP contribution is -2.42. The smallest absolute Gasteiger partial charge is 0.170 e. The maximum Gasteiger partial charge on any atom is 0.170 e. The molecule has 2 aliphatic heterocycles. The summed E-state index contributed by atoms with van der Waals surface area (Å²) in [4.78, 5) is 9.62. The van der Waals surface area contributed by atoms with Crippen LogP contribution in [0.2, 0.25) is 0 Å². The number of nitrogens with one attached hydrogen (secondary N) is 1. The molecule has 0 amide bonds. The van der Waals surface area contributed by atoms with E-state index in [2.05, 4.69) is 51.7 Å². The lowest BCUT2D eigenvalue weighted by molar-refractivity contribution is 0.0350. The summed E-state index contributed by atoms with van der Waals surface area (Å²) in [7, 11) is 0. The highest BCUT2D eigenvalue weighted by molar-refractivity contribution is 7.80. The molecule has 0 aromatic carbocycles. The van der Waals surface area contributed by atoms with Crippen LogP contribution in [0.15, 0.2) is 30.5 Å². The Morgan fingerprint density at radius 2 is 1.88 bits per heavy atom. The molecule has 6 nitrogen and oxygen atoms in total. The first-order valence-electron chi connectivity index (χ1n) is 12.6. The van der Waals surface area contributed by atoms with Crippen molar-refractivity contribution in [1.29, 1.82) is 0 Å². The zero-order valence-electron chi connectivity index (χ0n) is 20.0. The average Bonchev–Trinajstić information content (AvgIpc) is 3.34. The Balaban J connectivity index is 1.47. The maximum absolute atomic E-state index is 5.91. The second kappa shape index (κ2) is 10.1. The maximum atomic E-state index is 5.91. The van der Waals surface area contributed by atoms with Gasteiger partial charge in [0.2, 0.25) is 0 Å². The van der Waals surface area contributed by atoms with Crippen LogP contribution in [0.25, 0.3) is 0 Å². The number of aromatic nitrogens is 2. The summed E-state index contributed by atoms with van der Waals surface area (Å²) < 4.78 is 8.16. The third-order valence-electron chi connectivity index (χ3n) is 7.74. The number of rotatable bonds is 6. The molecule has 0 spiro atoms. The number of ether oxygens (including phenoxy) is 1. The fraction of sp³-hybridized carbons (Fsp3) is 0.615. The van der Waals surface area contributed by atoms with Gasteiger partial charge in [0.05, 0.1) is 31.0 Å². The van der Waals surface area contributed by atoms with Gasteiger partial charge in [-0.15, -0.1) is 0 Å². The molecule has 1 saturated carbocycles. The molecule has 178 valence electrons. The Labute approximate surface area is 203 Å². The van der Waals surface area contributed by atoms with Crippen molar-refractivity contribution in [2.45, 2.75) is 64.1 Å². The first-order chi connectivity index (χ1) is 16.1. The first kappa shape index (κ1) is 22.8. The van der Waals surface area contributed by atoms with Crippen LogP contribution in [0.4, 0.5) is 0 Å². The Kier molecular flexibility index (Phi) is 6.99. The second-order valence-electron chi connectivity index (χ2n) is 9.76. The van der Waals surface area contributed by atoms with E-state index in [0.29, 0.717) is 6.04 Å². The van der Waals surface area contributed by atoms with Gasteiger partial charge in [-0.3, -0.25) is 9.88 Å². The molecule has 0 radical (unpaired) electrons. The van der Waals surface area contributed by atoms with Crippen LogP contribution in [-0.2, 0) is 4.74 Å². The van der Waals surface area contributed by atoms with Crippen LogP contribution in [-0.4, -0.2) is 63.9 Å². The summed E-state index contributed by atoms with van der Waals surface area (Å²) in [5.41, 5.74) is 5.22. The van der Waals surface area contributed by atoms with Gasteiger partial charge in [0.1, 0.15) is 0 Å². The molecule has 1 aliphatic carbocycles. The largest absolute Gasteiger partial charge is 0.379 e. The van der Waals surface area contributed by atoms with Gasteiger partial charge in [-0.2, -0.15) is 0 Å². The van der Waals surface area contributed by atoms with Crippen LogP contribution in [0.1, 0.15) is 72.9 Å². The Morgan fingerprint density at radius 3 is 2.61 bits per heavy atom. The van der Waals surface area contributed by atoms with E-state index in [1.165, 1.54) is 49.1 Å². The molecule has 4 heterocycles. The highest BCUT2D eigenvalue weighted by Crippen LogP contribution is 2.42. The van der Waals surface area contributed by atoms with Gasteiger partial charge in [-0.25, -0.2) is 0 Å². The third-order valence-corrected chi connectivity index (χ3v) is 8.09. The van der Waals surface area contributed by atoms with E-state index in [1.54, 1.807) is 0 Å². The molecule has 2 aromatic rings. The predicted molar refractivity (Wildman–Crippen MR) is 135 cm³/mol. The van der Waals surface area contributed by atoms with Gasteiger partial charge < -0.3 is 19.5 Å². The predicted octanol–water partition coefficient (Wildman–Crippen LogP) is 4.31. The molecule has 1 N–H and O–H groups in total. The first-order valence-corrected chi connectivity index (χ1v) is 13.0. The number of hydrogen-bond donors (Lipinski definition) is 1. The molecule has 3 fully saturated rings. The third kappa shape index (κ3) is 4.68. The van der Waals surface area contributed by atoms with Gasteiger partial charge in [-0.1, -0.05) is 25.3 Å². The topological polar surface area (TPSA) is 45.6 Å². The van der Waals surface area contributed by atoms with Crippen molar-refractivity contribution in [3.05, 3.63) is 53.1 Å². The Bertz CT molecular complexity index is 949. The van der Waals surface area contributed by atoms with Gasteiger partial charge in [0.15, 0.2) is 5.11 Å². The summed E-state index contributed by atoms with van der Waals surface area (Å²) in [5.74, 6) is 0. The van der Waals surface area contributed by atoms with Gasteiger partial charge in [0, 0.05) is 49.8 Å². The van der Waals surface area contributed by atoms with Gasteiger partial charge >= 0.3 is 0 Å². The zero-order valence-corrected chi connectivity index (χ0v) is 20.8. The number of pyridine rings is 1. The molecule has 0 unspecified atom stereocenters. The minimum absolute atomic E-state index is 0.0590. The molecule has 0 bridgehead atoms. The molecular weight excluding hydrogens is 430 g/mol. The van der Waals surface area contributed by atoms with E-state index in [-0.39, 0.29) is 12.1 Å². The molecule has 7 heteroatoms. The molecule has 2 saturated heterocycles. The van der Waals surface area contributed by atoms with Crippen molar-refractivity contribution < 1.29 is 4.74 Å². The SMILES string of the molecule is Cc1cc([C@@H]2[C@H](c3ccccn3)NC(=S)N2CCN2CCOCC2)c(C)n1C1CCCCC1. The highest BCUT2D eigenvalue weighted by atomic mass is 32.1. The standard InChI is InChI=1S/C26H37N5OS/c1-19-18-22(20(2)31(19)21-8-4-3-5-9-21)25-24(23-10-6-7-11-27-23)28-26(33)30(25)13-12-29-14-16-32-17-15-29/h6-7,10-11,18,21,24-25H,3-5,8-9,12-17H2,1-2H3,(H,28,33)/t24-,25+/m0/s1. The second-order valence-corrected chi connectivity index (χ2v) is 10.1. The Morgan fingerprint density at radius 1 is 1.09 bits per heavy atom. The zero-order chi connectivity index (χ0) is 22.8. The van der Waals surface area contributed by atoms with E-state index in [9.17, 15) is 0 Å². The van der Waals surface area contributed by atoms with E-state index in [0.717, 1.165) is 50.2 Å². The minimum Gasteiger partial charge on any atom is -0.379 e. The van der Waals surface area contributed by atoms with Crippen molar-refractivity contribution >= 4 is 17.3 Å². The van der Waals surface area contributed by atoms with E-state index in [1.807, 2.05) is 12.3 Å². The lowest BCUT2D eigenvalue weighted by atomic mass is 9.94. The van der Waals surface area contributed by atoms with Gasteiger partial charge in [-0.05, 0) is 62.7 Å². The number of hydrogen-bond acceptors (Lipinski definition) is 4. The van der Waals surface area contributed by atoms with Crippen molar-refractivity contribution in [2.75, 3.05) is 39.4 Å². The lowest BCUT2D eigenvalue weighted by Gasteiger charge is -2.32. The van der Waals surface area contributed by atoms with Crippen molar-refractivity contribution in [3.8, 4) is 0 Å². The van der Waals surface area contributed by atoms with Crippen LogP contribution in [0.3, 0.4) is 0 Å². The number of aryl methyl sites for hydroxylation is 1. The van der Waals surface area contributed by atoms with E-state index in [4.69, 9.17) is 21.9 Å². The quantitative estimate of drug-likeness (QED) is 0.639. The summed E-state index contributed by atoms with van der Waals surface area (Å²) in [6.45, 7) is 10.1. The summed E-state index contributed by atoms with van der Waals surface area (Å²) >= 11 is 5.91. The van der Waals surface area contributed by atoms with Crippen LogP contribution in [0.5, 0.6) is 0 Å². The molecule has 33 heavy (non-hydrogen) atoms. The Hall–Kier alpha value is -1.96. The highest BCUT2D eigenvalue weighted by Gasteiger charge is 2.41. The fourth-order valence-electron chi connectivity index (χ4n) is 6.06. The van der Waals surface area contributed by atoms with Crippen molar-refractivity contribution in [2.24, 2.45) is 0 Å². The average molecular weight is 468 g/mol. The van der Waals surface area contributed by atoms with Crippen LogP contribution < -0.4 is 5.32 Å².